The molecule has 0 saturated carbocycles. The zero-order valence-electron chi connectivity index (χ0n) is 19.2. The molecule has 1 amide bonds. The second kappa shape index (κ2) is 9.19. The molecular formula is C24H22F2N6O3S. The molecule has 0 radical (unpaired) electrons. The maximum absolute atomic E-state index is 14.5. The van der Waals surface area contributed by atoms with Crippen LogP contribution >= 0.6 is 0 Å². The molecule has 9 nitrogen and oxygen atoms in total. The van der Waals surface area contributed by atoms with Crippen molar-refractivity contribution in [3.8, 4) is 0 Å². The van der Waals surface area contributed by atoms with Gasteiger partial charge in [-0.05, 0) is 55.3 Å². The number of hydrogen-bond acceptors (Lipinski definition) is 6. The number of benzene rings is 1. The molecule has 0 spiro atoms. The van der Waals surface area contributed by atoms with E-state index in [-0.39, 0.29) is 23.0 Å². The van der Waals surface area contributed by atoms with Crippen molar-refractivity contribution in [3.05, 3.63) is 90.1 Å². The van der Waals surface area contributed by atoms with Crippen molar-refractivity contribution >= 4 is 33.1 Å². The fraction of sp³-hybridized carbons (Fsp3) is 0.208. The lowest BCUT2D eigenvalue weighted by molar-refractivity contribution is 0.0975. The van der Waals surface area contributed by atoms with Gasteiger partial charge >= 0.3 is 10.2 Å². The number of carbonyl (C=O) groups excluding carboxylic acids is 1. The third-order valence-electron chi connectivity index (χ3n) is 6.22. The lowest BCUT2D eigenvalue weighted by atomic mass is 10.0. The molecule has 4 heterocycles. The highest BCUT2D eigenvalue weighted by Gasteiger charge is 2.30. The number of anilines is 2. The molecule has 186 valence electrons. The van der Waals surface area contributed by atoms with Crippen LogP contribution in [0.15, 0.2) is 67.3 Å². The van der Waals surface area contributed by atoms with Crippen LogP contribution in [-0.2, 0) is 10.2 Å². The molecule has 1 aromatic carbocycles. The Morgan fingerprint density at radius 1 is 1.17 bits per heavy atom. The first-order chi connectivity index (χ1) is 17.2. The van der Waals surface area contributed by atoms with Crippen LogP contribution in [0.2, 0.25) is 0 Å². The van der Waals surface area contributed by atoms with E-state index in [2.05, 4.69) is 14.7 Å². The summed E-state index contributed by atoms with van der Waals surface area (Å²) < 4.78 is 58.3. The van der Waals surface area contributed by atoms with E-state index >= 15 is 0 Å². The van der Waals surface area contributed by atoms with E-state index in [1.807, 2.05) is 4.90 Å². The van der Waals surface area contributed by atoms with Gasteiger partial charge in [0.2, 0.25) is 0 Å². The van der Waals surface area contributed by atoms with Gasteiger partial charge in [-0.15, -0.1) is 0 Å². The highest BCUT2D eigenvalue weighted by atomic mass is 32.2. The number of aromatic nitrogens is 3. The van der Waals surface area contributed by atoms with Gasteiger partial charge in [-0.1, -0.05) is 0 Å². The molecule has 0 unspecified atom stereocenters. The second-order valence-electron chi connectivity index (χ2n) is 8.39. The third-order valence-corrected chi connectivity index (χ3v) is 7.59. The molecule has 0 bridgehead atoms. The molecule has 1 atom stereocenters. The van der Waals surface area contributed by atoms with Gasteiger partial charge in [0.15, 0.2) is 0 Å². The molecule has 0 aliphatic carbocycles. The molecule has 1 aliphatic rings. The highest BCUT2D eigenvalue weighted by molar-refractivity contribution is 7.91. The fourth-order valence-electron chi connectivity index (χ4n) is 4.39. The molecule has 1 aliphatic heterocycles. The average molecular weight is 513 g/mol. The number of nitrogens with zero attached hydrogens (tertiary/aromatic N) is 5. The van der Waals surface area contributed by atoms with Crippen LogP contribution in [0.5, 0.6) is 0 Å². The summed E-state index contributed by atoms with van der Waals surface area (Å²) in [6, 6.07) is 9.61. The first-order valence-corrected chi connectivity index (χ1v) is 12.6. The third kappa shape index (κ3) is 4.35. The minimum Gasteiger partial charge on any atom is -0.363 e. The zero-order chi connectivity index (χ0) is 25.4. The average Bonchev–Trinajstić information content (AvgIpc) is 3.52. The number of hydrogen-bond donors (Lipinski definition) is 1. The Balaban J connectivity index is 1.44. The molecule has 4 aromatic rings. The molecule has 12 heteroatoms. The van der Waals surface area contributed by atoms with E-state index in [0.717, 1.165) is 22.9 Å². The van der Waals surface area contributed by atoms with Crippen LogP contribution in [0.4, 0.5) is 20.2 Å². The van der Waals surface area contributed by atoms with Crippen molar-refractivity contribution in [2.24, 2.45) is 0 Å². The molecule has 36 heavy (non-hydrogen) atoms. The van der Waals surface area contributed by atoms with Gasteiger partial charge in [-0.2, -0.15) is 8.42 Å². The van der Waals surface area contributed by atoms with Crippen LogP contribution in [-0.4, -0.2) is 42.3 Å². The number of pyridine rings is 2. The van der Waals surface area contributed by atoms with Gasteiger partial charge in [0, 0.05) is 31.5 Å². The van der Waals surface area contributed by atoms with E-state index in [9.17, 15) is 22.0 Å². The van der Waals surface area contributed by atoms with Gasteiger partial charge in [0.1, 0.15) is 23.0 Å². The Kier molecular flexibility index (Phi) is 6.04. The number of fused-ring (bicyclic) bond motifs is 1. The van der Waals surface area contributed by atoms with Gasteiger partial charge in [-0.3, -0.25) is 18.5 Å². The number of halogens is 2. The van der Waals surface area contributed by atoms with Crippen LogP contribution in [0, 0.1) is 11.6 Å². The summed E-state index contributed by atoms with van der Waals surface area (Å²) in [7, 11) is -2.92. The first-order valence-electron chi connectivity index (χ1n) is 11.1. The van der Waals surface area contributed by atoms with E-state index in [1.165, 1.54) is 36.1 Å². The molecule has 3 aromatic heterocycles. The summed E-state index contributed by atoms with van der Waals surface area (Å²) in [5.74, 6) is -1.87. The van der Waals surface area contributed by atoms with Crippen molar-refractivity contribution in [2.75, 3.05) is 22.8 Å². The SMILES string of the molecule is CN(c1cccnc1)S(=O)(=O)NC(=O)c1cnc2ccc(N3CCC[C@@H]3c3cc(F)ccc3F)cn12. The highest BCUT2D eigenvalue weighted by Crippen LogP contribution is 2.37. The number of nitrogens with one attached hydrogen (secondary N) is 1. The Morgan fingerprint density at radius 3 is 2.78 bits per heavy atom. The predicted molar refractivity (Wildman–Crippen MR) is 130 cm³/mol. The summed E-state index contributed by atoms with van der Waals surface area (Å²) in [5.41, 5.74) is 1.64. The molecule has 5 rings (SSSR count). The molecular weight excluding hydrogens is 490 g/mol. The van der Waals surface area contributed by atoms with Gasteiger partial charge in [0.25, 0.3) is 5.91 Å². The second-order valence-corrected chi connectivity index (χ2v) is 10.1. The first kappa shape index (κ1) is 23.7. The minimum absolute atomic E-state index is 0.00250. The molecule has 1 fully saturated rings. The number of amides is 1. The van der Waals surface area contributed by atoms with Crippen molar-refractivity contribution < 1.29 is 22.0 Å². The monoisotopic (exact) mass is 512 g/mol. The normalized spacial score (nSPS) is 15.9. The Labute approximate surface area is 206 Å². The summed E-state index contributed by atoms with van der Waals surface area (Å²) in [4.78, 5) is 23.0. The fourth-order valence-corrected chi connectivity index (χ4v) is 5.25. The largest absolute Gasteiger partial charge is 0.363 e. The van der Waals surface area contributed by atoms with Crippen LogP contribution in [0.1, 0.15) is 34.9 Å². The van der Waals surface area contributed by atoms with E-state index < -0.39 is 27.8 Å². The van der Waals surface area contributed by atoms with E-state index in [4.69, 9.17) is 0 Å². The Morgan fingerprint density at radius 2 is 2.00 bits per heavy atom. The maximum Gasteiger partial charge on any atom is 0.326 e. The van der Waals surface area contributed by atoms with Crippen molar-refractivity contribution in [3.63, 3.8) is 0 Å². The van der Waals surface area contributed by atoms with Crippen LogP contribution < -0.4 is 13.9 Å². The van der Waals surface area contributed by atoms with Crippen molar-refractivity contribution in [1.82, 2.24) is 19.1 Å². The van der Waals surface area contributed by atoms with E-state index in [0.29, 0.717) is 24.3 Å². The quantitative estimate of drug-likeness (QED) is 0.425. The summed E-state index contributed by atoms with van der Waals surface area (Å²) in [6.45, 7) is 0.604. The summed E-state index contributed by atoms with van der Waals surface area (Å²) in [5, 5.41) is 0. The number of imidazole rings is 1. The maximum atomic E-state index is 14.5. The van der Waals surface area contributed by atoms with Crippen molar-refractivity contribution in [2.45, 2.75) is 18.9 Å². The minimum atomic E-state index is -4.22. The Hall–Kier alpha value is -4.06. The standard InChI is InChI=1S/C24H22F2N6O3S/c1-30(17-4-2-10-27-13-17)36(34,35)29-24(33)22-14-28-23-9-7-18(15-32(22)23)31-11-3-5-21(31)19-12-16(25)6-8-20(19)26/h2,4,6-10,12-15,21H,3,5,11H2,1H3,(H,29,33)/t21-/m1/s1. The van der Waals surface area contributed by atoms with Gasteiger partial charge in [-0.25, -0.2) is 18.5 Å². The van der Waals surface area contributed by atoms with Crippen LogP contribution in [0.25, 0.3) is 5.65 Å². The molecule has 1 N–H and O–H groups in total. The lowest BCUT2D eigenvalue weighted by Crippen LogP contribution is -2.42. The predicted octanol–water partition coefficient (Wildman–Crippen LogP) is 3.46. The van der Waals surface area contributed by atoms with Crippen molar-refractivity contribution in [1.29, 1.82) is 0 Å². The summed E-state index contributed by atoms with van der Waals surface area (Å²) in [6.07, 6.45) is 7.19. The number of carbonyl (C=O) groups is 1. The number of rotatable bonds is 6. The zero-order valence-corrected chi connectivity index (χ0v) is 20.0. The lowest BCUT2D eigenvalue weighted by Gasteiger charge is -2.27. The van der Waals surface area contributed by atoms with Gasteiger partial charge < -0.3 is 4.90 Å². The van der Waals surface area contributed by atoms with E-state index in [1.54, 1.807) is 30.5 Å². The molecule has 1 saturated heterocycles. The van der Waals surface area contributed by atoms with Gasteiger partial charge in [0.05, 0.1) is 29.8 Å². The summed E-state index contributed by atoms with van der Waals surface area (Å²) >= 11 is 0. The smallest absolute Gasteiger partial charge is 0.326 e. The van der Waals surface area contributed by atoms with Crippen LogP contribution in [0.3, 0.4) is 0 Å². The Bertz CT molecular complexity index is 1540. The topological polar surface area (TPSA) is 99.9 Å².